The highest BCUT2D eigenvalue weighted by molar-refractivity contribution is 9.08. The minimum atomic E-state index is 0.687. The summed E-state index contributed by atoms with van der Waals surface area (Å²) in [5, 5.41) is 1.70. The van der Waals surface area contributed by atoms with Crippen LogP contribution in [0.4, 0.5) is 5.69 Å². The fourth-order valence-corrected chi connectivity index (χ4v) is 3.50. The summed E-state index contributed by atoms with van der Waals surface area (Å²) < 4.78 is 0. The van der Waals surface area contributed by atoms with Gasteiger partial charge in [-0.05, 0) is 43.0 Å². The van der Waals surface area contributed by atoms with Gasteiger partial charge in [0.15, 0.2) is 0 Å². The molecule has 1 aromatic rings. The lowest BCUT2D eigenvalue weighted by atomic mass is 10.1. The van der Waals surface area contributed by atoms with Gasteiger partial charge in [0.25, 0.3) is 0 Å². The highest BCUT2D eigenvalue weighted by Crippen LogP contribution is 2.31. The second kappa shape index (κ2) is 6.81. The Bertz CT molecular complexity index is 394. The Morgan fingerprint density at radius 1 is 1.33 bits per heavy atom. The third-order valence-electron chi connectivity index (χ3n) is 3.84. The molecule has 1 aromatic carbocycles. The summed E-state index contributed by atoms with van der Waals surface area (Å²) in [6.07, 6.45) is 6.59. The Labute approximate surface area is 124 Å². The Hall–Kier alpha value is -0.210. The molecular weight excluding hydrogens is 310 g/mol. The van der Waals surface area contributed by atoms with Crippen molar-refractivity contribution in [1.82, 2.24) is 0 Å². The van der Waals surface area contributed by atoms with Crippen LogP contribution in [0.1, 0.15) is 44.6 Å². The van der Waals surface area contributed by atoms with Gasteiger partial charge >= 0.3 is 0 Å². The van der Waals surface area contributed by atoms with E-state index in [-0.39, 0.29) is 0 Å². The van der Waals surface area contributed by atoms with E-state index >= 15 is 0 Å². The van der Waals surface area contributed by atoms with Gasteiger partial charge < -0.3 is 4.90 Å². The van der Waals surface area contributed by atoms with Crippen LogP contribution in [0.2, 0.25) is 5.02 Å². The van der Waals surface area contributed by atoms with Crippen molar-refractivity contribution in [2.75, 3.05) is 11.4 Å². The normalized spacial score (nSPS) is 20.8. The Balaban J connectivity index is 2.32. The van der Waals surface area contributed by atoms with Crippen molar-refractivity contribution in [2.24, 2.45) is 0 Å². The summed E-state index contributed by atoms with van der Waals surface area (Å²) in [7, 11) is 0. The van der Waals surface area contributed by atoms with Crippen LogP contribution in [0.3, 0.4) is 0 Å². The van der Waals surface area contributed by atoms with E-state index in [1.165, 1.54) is 49.9 Å². The molecule has 1 fully saturated rings. The fourth-order valence-electron chi connectivity index (χ4n) is 2.86. The second-order valence-corrected chi connectivity index (χ2v) is 6.01. The maximum atomic E-state index is 6.10. The van der Waals surface area contributed by atoms with Crippen LogP contribution >= 0.6 is 27.5 Å². The lowest BCUT2D eigenvalue weighted by Gasteiger charge is -2.33. The predicted molar refractivity (Wildman–Crippen MR) is 84.0 cm³/mol. The maximum absolute atomic E-state index is 6.10. The van der Waals surface area contributed by atoms with Gasteiger partial charge in [-0.1, -0.05) is 47.3 Å². The smallest absolute Gasteiger partial charge is 0.0410 e. The van der Waals surface area contributed by atoms with E-state index in [4.69, 9.17) is 11.6 Å². The molecule has 0 spiro atoms. The van der Waals surface area contributed by atoms with E-state index in [0.29, 0.717) is 6.04 Å². The molecule has 1 nitrogen and oxygen atoms in total. The molecule has 0 radical (unpaired) electrons. The largest absolute Gasteiger partial charge is 0.368 e. The van der Waals surface area contributed by atoms with E-state index in [9.17, 15) is 0 Å². The topological polar surface area (TPSA) is 3.24 Å². The van der Waals surface area contributed by atoms with E-state index < -0.39 is 0 Å². The van der Waals surface area contributed by atoms with Crippen LogP contribution < -0.4 is 4.90 Å². The van der Waals surface area contributed by atoms with Crippen molar-refractivity contribution in [3.8, 4) is 0 Å². The van der Waals surface area contributed by atoms with Crippen molar-refractivity contribution in [1.29, 1.82) is 0 Å². The maximum Gasteiger partial charge on any atom is 0.0410 e. The van der Waals surface area contributed by atoms with Crippen molar-refractivity contribution < 1.29 is 0 Å². The Morgan fingerprint density at radius 2 is 2.17 bits per heavy atom. The zero-order valence-corrected chi connectivity index (χ0v) is 13.3. The van der Waals surface area contributed by atoms with Crippen LogP contribution in [-0.4, -0.2) is 12.6 Å². The van der Waals surface area contributed by atoms with Gasteiger partial charge in [-0.3, -0.25) is 0 Å². The molecule has 1 unspecified atom stereocenters. The molecule has 1 heterocycles. The second-order valence-electron chi connectivity index (χ2n) is 5.01. The fraction of sp³-hybridized carbons (Fsp3) is 0.600. The average Bonchev–Trinajstić information content (AvgIpc) is 2.63. The van der Waals surface area contributed by atoms with Crippen molar-refractivity contribution in [2.45, 2.75) is 50.4 Å². The molecule has 1 saturated heterocycles. The number of anilines is 1. The molecule has 0 aliphatic carbocycles. The molecule has 1 aliphatic heterocycles. The number of benzene rings is 1. The monoisotopic (exact) mass is 329 g/mol. The zero-order chi connectivity index (χ0) is 13.0. The Kier molecular flexibility index (Phi) is 5.38. The standard InChI is InChI=1S/C15H21BrClN/c1-2-14-6-4-3-5-9-18(14)15-8-7-13(17)10-12(15)11-16/h7-8,10,14H,2-6,9,11H2,1H3. The van der Waals surface area contributed by atoms with Gasteiger partial charge in [0.2, 0.25) is 0 Å². The van der Waals surface area contributed by atoms with Crippen LogP contribution in [0.25, 0.3) is 0 Å². The Morgan fingerprint density at radius 3 is 2.89 bits per heavy atom. The van der Waals surface area contributed by atoms with Gasteiger partial charge in [0.05, 0.1) is 0 Å². The summed E-state index contributed by atoms with van der Waals surface area (Å²) in [5.41, 5.74) is 2.67. The molecule has 100 valence electrons. The van der Waals surface area contributed by atoms with Crippen LogP contribution in [0.15, 0.2) is 18.2 Å². The minimum absolute atomic E-state index is 0.687. The zero-order valence-electron chi connectivity index (χ0n) is 11.0. The van der Waals surface area contributed by atoms with Gasteiger partial charge in [-0.25, -0.2) is 0 Å². The predicted octanol–water partition coefficient (Wildman–Crippen LogP) is 5.39. The molecular formula is C15H21BrClN. The van der Waals surface area contributed by atoms with Crippen molar-refractivity contribution >= 4 is 33.2 Å². The molecule has 3 heteroatoms. The third-order valence-corrected chi connectivity index (χ3v) is 4.68. The molecule has 18 heavy (non-hydrogen) atoms. The summed E-state index contributed by atoms with van der Waals surface area (Å²) in [6, 6.07) is 6.98. The molecule has 0 aromatic heterocycles. The van der Waals surface area contributed by atoms with Crippen molar-refractivity contribution in [3.05, 3.63) is 28.8 Å². The molecule has 0 saturated carbocycles. The number of nitrogens with zero attached hydrogens (tertiary/aromatic N) is 1. The van der Waals surface area contributed by atoms with Crippen LogP contribution in [-0.2, 0) is 5.33 Å². The van der Waals surface area contributed by atoms with E-state index in [1.54, 1.807) is 0 Å². The van der Waals surface area contributed by atoms with E-state index in [2.05, 4.69) is 39.9 Å². The highest BCUT2D eigenvalue weighted by atomic mass is 79.9. The molecule has 1 aliphatic rings. The lowest BCUT2D eigenvalue weighted by Crippen LogP contribution is -2.35. The van der Waals surface area contributed by atoms with Crippen molar-refractivity contribution in [3.63, 3.8) is 0 Å². The van der Waals surface area contributed by atoms with Crippen LogP contribution in [0, 0.1) is 0 Å². The summed E-state index contributed by atoms with van der Waals surface area (Å²) in [5.74, 6) is 0. The summed E-state index contributed by atoms with van der Waals surface area (Å²) in [6.45, 7) is 3.48. The molecule has 0 bridgehead atoms. The first kappa shape index (κ1) is 14.2. The first-order valence-electron chi connectivity index (χ1n) is 6.87. The summed E-state index contributed by atoms with van der Waals surface area (Å²) in [4.78, 5) is 2.60. The third kappa shape index (κ3) is 3.21. The first-order chi connectivity index (χ1) is 8.76. The number of alkyl halides is 1. The van der Waals surface area contributed by atoms with Crippen LogP contribution in [0.5, 0.6) is 0 Å². The van der Waals surface area contributed by atoms with E-state index in [0.717, 1.165) is 10.4 Å². The number of rotatable bonds is 3. The molecule has 0 amide bonds. The highest BCUT2D eigenvalue weighted by Gasteiger charge is 2.21. The molecule has 2 rings (SSSR count). The van der Waals surface area contributed by atoms with E-state index in [1.807, 2.05) is 6.07 Å². The SMILES string of the molecule is CCC1CCCCCN1c1ccc(Cl)cc1CBr. The first-order valence-corrected chi connectivity index (χ1v) is 8.37. The number of hydrogen-bond donors (Lipinski definition) is 0. The minimum Gasteiger partial charge on any atom is -0.368 e. The quantitative estimate of drug-likeness (QED) is 0.671. The number of halogens is 2. The van der Waals surface area contributed by atoms with Gasteiger partial charge in [0, 0.05) is 28.6 Å². The average molecular weight is 331 g/mol. The van der Waals surface area contributed by atoms with Gasteiger partial charge in [-0.15, -0.1) is 0 Å². The van der Waals surface area contributed by atoms with Gasteiger partial charge in [-0.2, -0.15) is 0 Å². The number of hydrogen-bond acceptors (Lipinski definition) is 1. The lowest BCUT2D eigenvalue weighted by molar-refractivity contribution is 0.555. The molecule has 0 N–H and O–H groups in total. The summed E-state index contributed by atoms with van der Waals surface area (Å²) >= 11 is 9.68. The van der Waals surface area contributed by atoms with Gasteiger partial charge in [0.1, 0.15) is 0 Å². The molecule has 1 atom stereocenters.